The van der Waals surface area contributed by atoms with E-state index in [0.29, 0.717) is 11.8 Å². The summed E-state index contributed by atoms with van der Waals surface area (Å²) in [6.07, 6.45) is 10.1. The summed E-state index contributed by atoms with van der Waals surface area (Å²) in [5, 5.41) is 4.65. The van der Waals surface area contributed by atoms with Crippen molar-refractivity contribution in [2.45, 2.75) is 69.2 Å². The van der Waals surface area contributed by atoms with E-state index in [-0.39, 0.29) is 6.04 Å². The van der Waals surface area contributed by atoms with Crippen LogP contribution in [-0.2, 0) is 7.05 Å². The molecule has 0 aliphatic heterocycles. The Balaban J connectivity index is 1.82. The van der Waals surface area contributed by atoms with Gasteiger partial charge in [-0.3, -0.25) is 4.68 Å². The highest BCUT2D eigenvalue weighted by molar-refractivity contribution is 5.08. The average molecular weight is 248 g/mol. The zero-order valence-electron chi connectivity index (χ0n) is 11.3. The number of aromatic nitrogens is 3. The summed E-state index contributed by atoms with van der Waals surface area (Å²) in [5.41, 5.74) is 6.26. The molecule has 1 aromatic rings. The molecule has 2 aliphatic rings. The van der Waals surface area contributed by atoms with Gasteiger partial charge in [-0.1, -0.05) is 25.7 Å². The van der Waals surface area contributed by atoms with E-state index in [2.05, 4.69) is 5.10 Å². The van der Waals surface area contributed by atoms with Crippen molar-refractivity contribution in [3.8, 4) is 0 Å². The van der Waals surface area contributed by atoms with Crippen LogP contribution in [0.1, 0.15) is 74.9 Å². The second kappa shape index (κ2) is 5.00. The maximum absolute atomic E-state index is 6.26. The fraction of sp³-hybridized carbons (Fsp3) is 0.857. The summed E-state index contributed by atoms with van der Waals surface area (Å²) in [6.45, 7) is 0. The van der Waals surface area contributed by atoms with Crippen LogP contribution in [0.15, 0.2) is 0 Å². The lowest BCUT2D eigenvalue weighted by Crippen LogP contribution is -2.33. The molecular formula is C14H24N4. The predicted molar refractivity (Wildman–Crippen MR) is 71.4 cm³/mol. The molecule has 0 bridgehead atoms. The third-order valence-corrected chi connectivity index (χ3v) is 4.68. The summed E-state index contributed by atoms with van der Waals surface area (Å²) in [6, 6.07) is 0.276. The highest BCUT2D eigenvalue weighted by Crippen LogP contribution is 2.35. The fourth-order valence-corrected chi connectivity index (χ4v) is 3.58. The zero-order valence-corrected chi connectivity index (χ0v) is 11.3. The third-order valence-electron chi connectivity index (χ3n) is 4.68. The van der Waals surface area contributed by atoms with Crippen LogP contribution in [0, 0.1) is 0 Å². The molecule has 3 rings (SSSR count). The molecule has 0 radical (unpaired) electrons. The molecule has 2 aliphatic carbocycles. The number of aryl methyl sites for hydroxylation is 1. The van der Waals surface area contributed by atoms with Crippen LogP contribution in [0.4, 0.5) is 0 Å². The number of rotatable bonds is 2. The maximum Gasteiger partial charge on any atom is 0.154 e. The molecule has 0 aromatic carbocycles. The summed E-state index contributed by atoms with van der Waals surface area (Å²) in [5.74, 6) is 3.23. The molecule has 1 aromatic heterocycles. The maximum atomic E-state index is 6.26. The van der Waals surface area contributed by atoms with Gasteiger partial charge in [0.05, 0.1) is 0 Å². The molecule has 2 atom stereocenters. The van der Waals surface area contributed by atoms with E-state index >= 15 is 0 Å². The first-order chi connectivity index (χ1) is 8.75. The van der Waals surface area contributed by atoms with E-state index in [4.69, 9.17) is 10.7 Å². The molecule has 4 heteroatoms. The second-order valence-electron chi connectivity index (χ2n) is 5.99. The van der Waals surface area contributed by atoms with Crippen LogP contribution in [0.25, 0.3) is 0 Å². The van der Waals surface area contributed by atoms with Crippen molar-refractivity contribution in [1.29, 1.82) is 0 Å². The van der Waals surface area contributed by atoms with Gasteiger partial charge in [0.2, 0.25) is 0 Å². The highest BCUT2D eigenvalue weighted by atomic mass is 15.3. The molecule has 2 unspecified atom stereocenters. The van der Waals surface area contributed by atoms with Crippen molar-refractivity contribution in [2.75, 3.05) is 0 Å². The summed E-state index contributed by atoms with van der Waals surface area (Å²) in [7, 11) is 2.03. The van der Waals surface area contributed by atoms with Gasteiger partial charge in [-0.15, -0.1) is 0 Å². The molecule has 4 nitrogen and oxygen atoms in total. The first kappa shape index (κ1) is 12.2. The molecule has 100 valence electrons. The normalized spacial score (nSPS) is 29.9. The smallest absolute Gasteiger partial charge is 0.154 e. The quantitative estimate of drug-likeness (QED) is 0.874. The Kier molecular flexibility index (Phi) is 3.37. The van der Waals surface area contributed by atoms with E-state index in [1.54, 1.807) is 0 Å². The molecule has 18 heavy (non-hydrogen) atoms. The van der Waals surface area contributed by atoms with Crippen molar-refractivity contribution in [1.82, 2.24) is 14.8 Å². The first-order valence-corrected chi connectivity index (χ1v) is 7.42. The van der Waals surface area contributed by atoms with Crippen molar-refractivity contribution in [3.05, 3.63) is 11.6 Å². The Labute approximate surface area is 109 Å². The monoisotopic (exact) mass is 248 g/mol. The van der Waals surface area contributed by atoms with Gasteiger partial charge in [-0.05, 0) is 25.7 Å². The lowest BCUT2D eigenvalue weighted by molar-refractivity contribution is 0.364. The van der Waals surface area contributed by atoms with Crippen molar-refractivity contribution < 1.29 is 0 Å². The molecule has 2 saturated carbocycles. The predicted octanol–water partition coefficient (Wildman–Crippen LogP) is 2.46. The van der Waals surface area contributed by atoms with Gasteiger partial charge < -0.3 is 5.73 Å². The summed E-state index contributed by atoms with van der Waals surface area (Å²) >= 11 is 0. The number of nitrogens with zero attached hydrogens (tertiary/aromatic N) is 3. The molecule has 2 fully saturated rings. The van der Waals surface area contributed by atoms with Crippen LogP contribution in [0.3, 0.4) is 0 Å². The van der Waals surface area contributed by atoms with E-state index in [1.165, 1.54) is 44.9 Å². The lowest BCUT2D eigenvalue weighted by Gasteiger charge is -2.27. The minimum absolute atomic E-state index is 0.276. The van der Waals surface area contributed by atoms with Crippen molar-refractivity contribution in [3.63, 3.8) is 0 Å². The topological polar surface area (TPSA) is 56.7 Å². The van der Waals surface area contributed by atoms with Gasteiger partial charge in [0.1, 0.15) is 5.82 Å². The molecule has 1 heterocycles. The zero-order chi connectivity index (χ0) is 12.5. The van der Waals surface area contributed by atoms with Crippen LogP contribution >= 0.6 is 0 Å². The van der Waals surface area contributed by atoms with Gasteiger partial charge in [0.25, 0.3) is 0 Å². The summed E-state index contributed by atoms with van der Waals surface area (Å²) in [4.78, 5) is 4.84. The highest BCUT2D eigenvalue weighted by Gasteiger charge is 2.29. The average Bonchev–Trinajstić information content (AvgIpc) is 2.99. The molecule has 0 amide bonds. The van der Waals surface area contributed by atoms with Gasteiger partial charge in [0.15, 0.2) is 5.82 Å². The van der Waals surface area contributed by atoms with Crippen LogP contribution < -0.4 is 5.73 Å². The standard InChI is InChI=1S/C14H24N4/c1-18-14(11-8-4-5-9-12(11)15)16-13(17-18)10-6-2-3-7-10/h10-12H,2-9,15H2,1H3. The molecule has 0 spiro atoms. The largest absolute Gasteiger partial charge is 0.327 e. The van der Waals surface area contributed by atoms with E-state index < -0.39 is 0 Å². The van der Waals surface area contributed by atoms with Gasteiger partial charge in [0, 0.05) is 24.9 Å². The number of hydrogen-bond acceptors (Lipinski definition) is 3. The number of hydrogen-bond donors (Lipinski definition) is 1. The van der Waals surface area contributed by atoms with Gasteiger partial charge >= 0.3 is 0 Å². The molecule has 2 N–H and O–H groups in total. The fourth-order valence-electron chi connectivity index (χ4n) is 3.58. The van der Waals surface area contributed by atoms with Gasteiger partial charge in [-0.2, -0.15) is 5.10 Å². The Hall–Kier alpha value is -0.900. The van der Waals surface area contributed by atoms with Crippen LogP contribution in [-0.4, -0.2) is 20.8 Å². The van der Waals surface area contributed by atoms with E-state index in [1.807, 2.05) is 11.7 Å². The Morgan fingerprint density at radius 1 is 1.06 bits per heavy atom. The first-order valence-electron chi connectivity index (χ1n) is 7.42. The van der Waals surface area contributed by atoms with Crippen molar-refractivity contribution >= 4 is 0 Å². The van der Waals surface area contributed by atoms with Gasteiger partial charge in [-0.25, -0.2) is 4.98 Å². The van der Waals surface area contributed by atoms with Crippen molar-refractivity contribution in [2.24, 2.45) is 12.8 Å². The second-order valence-corrected chi connectivity index (χ2v) is 5.99. The number of nitrogens with two attached hydrogens (primary N) is 1. The Bertz CT molecular complexity index is 406. The third kappa shape index (κ3) is 2.18. The van der Waals surface area contributed by atoms with Crippen LogP contribution in [0.5, 0.6) is 0 Å². The minimum atomic E-state index is 0.276. The van der Waals surface area contributed by atoms with E-state index in [9.17, 15) is 0 Å². The molecule has 0 saturated heterocycles. The molecular weight excluding hydrogens is 224 g/mol. The van der Waals surface area contributed by atoms with Crippen LogP contribution in [0.2, 0.25) is 0 Å². The summed E-state index contributed by atoms with van der Waals surface area (Å²) < 4.78 is 1.99. The lowest BCUT2D eigenvalue weighted by atomic mass is 9.84. The SMILES string of the molecule is Cn1nc(C2CCCC2)nc1C1CCCCC1N. The Morgan fingerprint density at radius 3 is 2.44 bits per heavy atom. The van der Waals surface area contributed by atoms with E-state index in [0.717, 1.165) is 18.1 Å². The minimum Gasteiger partial charge on any atom is -0.327 e. The Morgan fingerprint density at radius 2 is 1.72 bits per heavy atom.